The summed E-state index contributed by atoms with van der Waals surface area (Å²) in [7, 11) is 0. The fourth-order valence-corrected chi connectivity index (χ4v) is 1.02. The summed E-state index contributed by atoms with van der Waals surface area (Å²) >= 11 is 0. The minimum atomic E-state index is -1.01. The van der Waals surface area contributed by atoms with Gasteiger partial charge in [0.1, 0.15) is 5.75 Å². The summed E-state index contributed by atoms with van der Waals surface area (Å²) in [5.74, 6) is -2.14. The highest BCUT2D eigenvalue weighted by atomic mass is 16.5. The van der Waals surface area contributed by atoms with Crippen LogP contribution >= 0.6 is 0 Å². The van der Waals surface area contributed by atoms with E-state index in [0.717, 1.165) is 0 Å². The molecular formula is C10H12N2O4. The van der Waals surface area contributed by atoms with Gasteiger partial charge in [-0.25, -0.2) is 4.79 Å². The van der Waals surface area contributed by atoms with Crippen LogP contribution in [0.15, 0.2) is 18.2 Å². The minimum Gasteiger partial charge on any atom is -0.506 e. The molecule has 0 radical (unpaired) electrons. The zero-order chi connectivity index (χ0) is 12.1. The highest BCUT2D eigenvalue weighted by Gasteiger charge is 2.16. The molecule has 0 aliphatic heterocycles. The smallest absolute Gasteiger partial charge is 0.397 e. The molecule has 0 aliphatic carbocycles. The van der Waals surface area contributed by atoms with Crippen molar-refractivity contribution in [2.45, 2.75) is 6.92 Å². The number of carbonyl (C=O) groups is 2. The Morgan fingerprint density at radius 1 is 1.50 bits per heavy atom. The van der Waals surface area contributed by atoms with Gasteiger partial charge in [0.25, 0.3) is 0 Å². The third kappa shape index (κ3) is 2.88. The molecular weight excluding hydrogens is 212 g/mol. The third-order valence-corrected chi connectivity index (χ3v) is 1.73. The number of hydrogen-bond donors (Lipinski definition) is 3. The van der Waals surface area contributed by atoms with E-state index in [1.807, 2.05) is 0 Å². The molecule has 0 spiro atoms. The average molecular weight is 224 g/mol. The van der Waals surface area contributed by atoms with E-state index in [9.17, 15) is 14.7 Å². The van der Waals surface area contributed by atoms with Crippen molar-refractivity contribution in [1.29, 1.82) is 0 Å². The lowest BCUT2D eigenvalue weighted by atomic mass is 10.2. The largest absolute Gasteiger partial charge is 0.506 e. The number of benzene rings is 1. The zero-order valence-electron chi connectivity index (χ0n) is 8.69. The highest BCUT2D eigenvalue weighted by molar-refractivity contribution is 6.37. The number of phenols is 1. The molecule has 1 aromatic carbocycles. The maximum Gasteiger partial charge on any atom is 0.397 e. The number of anilines is 2. The first-order valence-electron chi connectivity index (χ1n) is 4.61. The summed E-state index contributed by atoms with van der Waals surface area (Å²) in [6.45, 7) is 1.69. The van der Waals surface area contributed by atoms with E-state index in [1.165, 1.54) is 18.2 Å². The number of amides is 1. The molecule has 86 valence electrons. The molecule has 1 rings (SSSR count). The molecule has 0 aliphatic rings. The Kier molecular flexibility index (Phi) is 3.71. The Bertz CT molecular complexity index is 417. The molecule has 0 heterocycles. The predicted molar refractivity (Wildman–Crippen MR) is 57.8 cm³/mol. The minimum absolute atomic E-state index is 0.0676. The first-order chi connectivity index (χ1) is 7.54. The molecule has 0 saturated heterocycles. The van der Waals surface area contributed by atoms with Crippen molar-refractivity contribution >= 4 is 23.3 Å². The molecule has 0 saturated carbocycles. The Morgan fingerprint density at radius 2 is 2.19 bits per heavy atom. The number of nitrogens with one attached hydrogen (secondary N) is 1. The number of hydrogen-bond acceptors (Lipinski definition) is 5. The number of ether oxygens (including phenoxy) is 1. The molecule has 0 fully saturated rings. The molecule has 0 atom stereocenters. The maximum absolute atomic E-state index is 11.2. The number of esters is 1. The van der Waals surface area contributed by atoms with E-state index in [-0.39, 0.29) is 18.0 Å². The van der Waals surface area contributed by atoms with Crippen LogP contribution in [0.5, 0.6) is 5.75 Å². The third-order valence-electron chi connectivity index (χ3n) is 1.73. The molecule has 0 aromatic heterocycles. The van der Waals surface area contributed by atoms with Crippen LogP contribution in [0.1, 0.15) is 6.92 Å². The van der Waals surface area contributed by atoms with E-state index >= 15 is 0 Å². The summed E-state index contributed by atoms with van der Waals surface area (Å²) in [5.41, 5.74) is 5.89. The van der Waals surface area contributed by atoms with Crippen LogP contribution in [0, 0.1) is 0 Å². The molecule has 0 unspecified atom stereocenters. The van der Waals surface area contributed by atoms with Gasteiger partial charge in [0.15, 0.2) is 0 Å². The zero-order valence-corrected chi connectivity index (χ0v) is 8.69. The molecule has 1 aromatic rings. The van der Waals surface area contributed by atoms with E-state index in [0.29, 0.717) is 5.69 Å². The summed E-state index contributed by atoms with van der Waals surface area (Å²) in [6.07, 6.45) is 0. The van der Waals surface area contributed by atoms with Crippen molar-refractivity contribution < 1.29 is 19.4 Å². The van der Waals surface area contributed by atoms with Crippen LogP contribution in [0.4, 0.5) is 11.4 Å². The maximum atomic E-state index is 11.2. The second kappa shape index (κ2) is 5.01. The normalized spacial score (nSPS) is 9.56. The second-order valence-electron chi connectivity index (χ2n) is 2.95. The Morgan fingerprint density at radius 3 is 2.81 bits per heavy atom. The van der Waals surface area contributed by atoms with Gasteiger partial charge in [-0.15, -0.1) is 0 Å². The quantitative estimate of drug-likeness (QED) is 0.223. The Hall–Kier alpha value is -2.24. The summed E-state index contributed by atoms with van der Waals surface area (Å²) in [4.78, 5) is 22.2. The summed E-state index contributed by atoms with van der Waals surface area (Å²) < 4.78 is 4.48. The van der Waals surface area contributed by atoms with Gasteiger partial charge in [-0.1, -0.05) is 0 Å². The lowest BCUT2D eigenvalue weighted by Gasteiger charge is -2.07. The number of rotatable bonds is 2. The lowest BCUT2D eigenvalue weighted by molar-refractivity contribution is -0.152. The summed E-state index contributed by atoms with van der Waals surface area (Å²) in [5, 5.41) is 11.6. The molecule has 1 amide bonds. The van der Waals surface area contributed by atoms with Gasteiger partial charge in [-0.3, -0.25) is 4.79 Å². The van der Waals surface area contributed by atoms with Gasteiger partial charge in [0.2, 0.25) is 0 Å². The van der Waals surface area contributed by atoms with Crippen LogP contribution in [0.2, 0.25) is 0 Å². The number of nitrogens with two attached hydrogens (primary N) is 1. The lowest BCUT2D eigenvalue weighted by Crippen LogP contribution is -2.25. The number of nitrogen functional groups attached to an aromatic ring is 1. The van der Waals surface area contributed by atoms with Crippen molar-refractivity contribution in [3.8, 4) is 5.75 Å². The Labute approximate surface area is 92.0 Å². The molecule has 0 bridgehead atoms. The molecule has 6 heteroatoms. The SMILES string of the molecule is CCOC(=O)C(=O)Nc1cc(N)ccc1O. The topological polar surface area (TPSA) is 102 Å². The van der Waals surface area contributed by atoms with Crippen LogP contribution in [0.25, 0.3) is 0 Å². The van der Waals surface area contributed by atoms with Gasteiger partial charge in [-0.05, 0) is 25.1 Å². The number of phenolic OH excluding ortho intramolecular Hbond substituents is 1. The molecule has 4 N–H and O–H groups in total. The van der Waals surface area contributed by atoms with Gasteiger partial charge in [-0.2, -0.15) is 0 Å². The van der Waals surface area contributed by atoms with Crippen molar-refractivity contribution in [2.24, 2.45) is 0 Å². The van der Waals surface area contributed by atoms with Crippen molar-refractivity contribution in [2.75, 3.05) is 17.7 Å². The predicted octanol–water partition coefficient (Wildman–Crippen LogP) is 0.476. The van der Waals surface area contributed by atoms with E-state index < -0.39 is 11.9 Å². The first-order valence-corrected chi connectivity index (χ1v) is 4.61. The van der Waals surface area contributed by atoms with Crippen LogP contribution in [0.3, 0.4) is 0 Å². The fraction of sp³-hybridized carbons (Fsp3) is 0.200. The molecule has 16 heavy (non-hydrogen) atoms. The van der Waals surface area contributed by atoms with E-state index in [1.54, 1.807) is 6.92 Å². The standard InChI is InChI=1S/C10H12N2O4/c1-2-16-10(15)9(14)12-7-5-6(11)3-4-8(7)13/h3-5,13H,2,11H2,1H3,(H,12,14). The van der Waals surface area contributed by atoms with Crippen LogP contribution in [-0.2, 0) is 14.3 Å². The van der Waals surface area contributed by atoms with Crippen molar-refractivity contribution in [3.63, 3.8) is 0 Å². The van der Waals surface area contributed by atoms with E-state index in [2.05, 4.69) is 10.1 Å². The van der Waals surface area contributed by atoms with Gasteiger partial charge < -0.3 is 20.9 Å². The fourth-order valence-electron chi connectivity index (χ4n) is 1.02. The van der Waals surface area contributed by atoms with Crippen molar-refractivity contribution in [1.82, 2.24) is 0 Å². The van der Waals surface area contributed by atoms with Gasteiger partial charge >= 0.3 is 11.9 Å². The highest BCUT2D eigenvalue weighted by Crippen LogP contribution is 2.24. The average Bonchev–Trinajstić information content (AvgIpc) is 2.23. The second-order valence-corrected chi connectivity index (χ2v) is 2.95. The van der Waals surface area contributed by atoms with Gasteiger partial charge in [0, 0.05) is 5.69 Å². The van der Waals surface area contributed by atoms with Crippen LogP contribution in [-0.4, -0.2) is 23.6 Å². The number of carbonyl (C=O) groups excluding carboxylic acids is 2. The monoisotopic (exact) mass is 224 g/mol. The Balaban J connectivity index is 2.76. The number of aromatic hydroxyl groups is 1. The van der Waals surface area contributed by atoms with Crippen LogP contribution < -0.4 is 11.1 Å². The molecule has 6 nitrogen and oxygen atoms in total. The summed E-state index contributed by atoms with van der Waals surface area (Å²) in [6, 6.07) is 4.12. The van der Waals surface area contributed by atoms with E-state index in [4.69, 9.17) is 5.73 Å². The first kappa shape index (κ1) is 11.8. The van der Waals surface area contributed by atoms with Gasteiger partial charge in [0.05, 0.1) is 12.3 Å². The van der Waals surface area contributed by atoms with Crippen molar-refractivity contribution in [3.05, 3.63) is 18.2 Å².